The van der Waals surface area contributed by atoms with Crippen molar-refractivity contribution in [3.05, 3.63) is 28.2 Å². The molecule has 3 rings (SSSR count). The fraction of sp³-hybridized carbons (Fsp3) is 0.667. The van der Waals surface area contributed by atoms with E-state index in [4.69, 9.17) is 4.74 Å². The van der Waals surface area contributed by atoms with E-state index in [9.17, 15) is 8.42 Å². The first kappa shape index (κ1) is 19.3. The van der Waals surface area contributed by atoms with Gasteiger partial charge < -0.3 is 4.74 Å². The summed E-state index contributed by atoms with van der Waals surface area (Å²) in [5, 5.41) is 0. The molecule has 0 N–H and O–H groups in total. The Labute approximate surface area is 159 Å². The van der Waals surface area contributed by atoms with Crippen LogP contribution in [0.15, 0.2) is 27.6 Å². The first-order valence-corrected chi connectivity index (χ1v) is 11.2. The first-order chi connectivity index (χ1) is 11.8. The van der Waals surface area contributed by atoms with E-state index in [1.165, 1.54) is 0 Å². The quantitative estimate of drug-likeness (QED) is 0.736. The zero-order valence-electron chi connectivity index (χ0n) is 15.1. The minimum absolute atomic E-state index is 0.0476. The third-order valence-electron chi connectivity index (χ3n) is 5.02. The van der Waals surface area contributed by atoms with Crippen LogP contribution in [0.1, 0.15) is 32.3 Å². The van der Waals surface area contributed by atoms with Crippen molar-refractivity contribution in [1.29, 1.82) is 0 Å². The molecule has 2 aliphatic heterocycles. The van der Waals surface area contributed by atoms with Gasteiger partial charge in [-0.05, 0) is 57.4 Å². The molecule has 0 saturated carbocycles. The van der Waals surface area contributed by atoms with Crippen LogP contribution in [0.4, 0.5) is 0 Å². The van der Waals surface area contributed by atoms with Crippen LogP contribution in [0.3, 0.4) is 0 Å². The number of ether oxygens (including phenoxy) is 1. The number of hydrogen-bond donors (Lipinski definition) is 0. The van der Waals surface area contributed by atoms with Gasteiger partial charge in [0.2, 0.25) is 10.0 Å². The van der Waals surface area contributed by atoms with E-state index < -0.39 is 10.0 Å². The number of rotatable bonds is 4. The van der Waals surface area contributed by atoms with Gasteiger partial charge in [0.25, 0.3) is 0 Å². The molecule has 0 amide bonds. The molecule has 2 saturated heterocycles. The Hall–Kier alpha value is -0.470. The number of sulfonamides is 1. The standard InChI is InChI=1S/C18H27BrN2O3S/c1-13-9-17(6-7-18(13)19)25(22,23)21-8-4-5-16(21)12-20-10-14(2)24-15(3)11-20/h6-7,9,14-16H,4-5,8,10-12H2,1-3H3/t14-,15+,16-/m1/s1. The SMILES string of the molecule is Cc1cc(S(=O)(=O)N2CCC[C@@H]2CN2C[C@@H](C)O[C@@H](C)C2)ccc1Br. The highest BCUT2D eigenvalue weighted by Crippen LogP contribution is 2.29. The van der Waals surface area contributed by atoms with Crippen molar-refractivity contribution in [2.24, 2.45) is 0 Å². The van der Waals surface area contributed by atoms with E-state index in [0.29, 0.717) is 11.4 Å². The molecule has 5 nitrogen and oxygen atoms in total. The number of hydrogen-bond acceptors (Lipinski definition) is 4. The lowest BCUT2D eigenvalue weighted by Crippen LogP contribution is -2.50. The second-order valence-electron chi connectivity index (χ2n) is 7.30. The van der Waals surface area contributed by atoms with E-state index in [1.54, 1.807) is 16.4 Å². The largest absolute Gasteiger partial charge is 0.373 e. The minimum Gasteiger partial charge on any atom is -0.373 e. The summed E-state index contributed by atoms with van der Waals surface area (Å²) in [6.07, 6.45) is 2.25. The van der Waals surface area contributed by atoms with Crippen molar-refractivity contribution in [2.45, 2.75) is 56.8 Å². The Morgan fingerprint density at radius 3 is 2.56 bits per heavy atom. The number of aryl methyl sites for hydroxylation is 1. The van der Waals surface area contributed by atoms with Crippen LogP contribution in [-0.2, 0) is 14.8 Å². The molecule has 2 aliphatic rings. The predicted octanol–water partition coefficient (Wildman–Crippen LogP) is 3.02. The Morgan fingerprint density at radius 2 is 1.92 bits per heavy atom. The van der Waals surface area contributed by atoms with Gasteiger partial charge in [-0.25, -0.2) is 8.42 Å². The van der Waals surface area contributed by atoms with Gasteiger partial charge in [0.05, 0.1) is 17.1 Å². The van der Waals surface area contributed by atoms with Gasteiger partial charge in [0.1, 0.15) is 0 Å². The highest BCUT2D eigenvalue weighted by atomic mass is 79.9. The molecule has 25 heavy (non-hydrogen) atoms. The van der Waals surface area contributed by atoms with Gasteiger partial charge in [-0.2, -0.15) is 4.31 Å². The van der Waals surface area contributed by atoms with Crippen molar-refractivity contribution in [3.63, 3.8) is 0 Å². The average molecular weight is 431 g/mol. The summed E-state index contributed by atoms with van der Waals surface area (Å²) < 4.78 is 34.7. The van der Waals surface area contributed by atoms with Crippen LogP contribution < -0.4 is 0 Å². The molecule has 2 heterocycles. The van der Waals surface area contributed by atoms with Crippen LogP contribution in [0.5, 0.6) is 0 Å². The molecule has 0 bridgehead atoms. The number of morpholine rings is 1. The monoisotopic (exact) mass is 430 g/mol. The maximum Gasteiger partial charge on any atom is 0.243 e. The minimum atomic E-state index is -3.45. The fourth-order valence-corrected chi connectivity index (χ4v) is 5.97. The van der Waals surface area contributed by atoms with E-state index >= 15 is 0 Å². The van der Waals surface area contributed by atoms with Gasteiger partial charge in [-0.3, -0.25) is 4.90 Å². The third-order valence-corrected chi connectivity index (χ3v) is 7.86. The lowest BCUT2D eigenvalue weighted by Gasteiger charge is -2.38. The zero-order chi connectivity index (χ0) is 18.2. The summed E-state index contributed by atoms with van der Waals surface area (Å²) in [6.45, 7) is 9.20. The number of halogens is 1. The van der Waals surface area contributed by atoms with Crippen molar-refractivity contribution in [1.82, 2.24) is 9.21 Å². The molecule has 7 heteroatoms. The van der Waals surface area contributed by atoms with Crippen molar-refractivity contribution < 1.29 is 13.2 Å². The van der Waals surface area contributed by atoms with E-state index in [-0.39, 0.29) is 18.2 Å². The maximum absolute atomic E-state index is 13.1. The Morgan fingerprint density at radius 1 is 1.24 bits per heavy atom. The van der Waals surface area contributed by atoms with Crippen molar-refractivity contribution in [3.8, 4) is 0 Å². The van der Waals surface area contributed by atoms with Crippen LogP contribution in [0.2, 0.25) is 0 Å². The van der Waals surface area contributed by atoms with Crippen LogP contribution in [0, 0.1) is 6.92 Å². The smallest absolute Gasteiger partial charge is 0.243 e. The Balaban J connectivity index is 1.77. The van der Waals surface area contributed by atoms with E-state index in [2.05, 4.69) is 34.7 Å². The van der Waals surface area contributed by atoms with Crippen molar-refractivity contribution in [2.75, 3.05) is 26.2 Å². The van der Waals surface area contributed by atoms with Gasteiger partial charge in [-0.15, -0.1) is 0 Å². The lowest BCUT2D eigenvalue weighted by molar-refractivity contribution is -0.0707. The second kappa shape index (κ2) is 7.64. The normalized spacial score (nSPS) is 29.2. The summed E-state index contributed by atoms with van der Waals surface area (Å²) in [7, 11) is -3.45. The van der Waals surface area contributed by atoms with E-state index in [1.807, 2.05) is 13.0 Å². The molecule has 3 atom stereocenters. The maximum atomic E-state index is 13.1. The summed E-state index contributed by atoms with van der Waals surface area (Å²) >= 11 is 3.44. The summed E-state index contributed by atoms with van der Waals surface area (Å²) in [5.41, 5.74) is 0.938. The average Bonchev–Trinajstić information content (AvgIpc) is 2.97. The molecular formula is C18H27BrN2O3S. The molecule has 0 aliphatic carbocycles. The van der Waals surface area contributed by atoms with Crippen LogP contribution in [0.25, 0.3) is 0 Å². The molecular weight excluding hydrogens is 404 g/mol. The van der Waals surface area contributed by atoms with Gasteiger partial charge in [0.15, 0.2) is 0 Å². The highest BCUT2D eigenvalue weighted by molar-refractivity contribution is 9.10. The first-order valence-electron chi connectivity index (χ1n) is 8.93. The molecule has 140 valence electrons. The summed E-state index contributed by atoms with van der Waals surface area (Å²) in [6, 6.07) is 5.32. The van der Waals surface area contributed by atoms with Crippen molar-refractivity contribution >= 4 is 26.0 Å². The summed E-state index contributed by atoms with van der Waals surface area (Å²) in [5.74, 6) is 0. The van der Waals surface area contributed by atoms with Gasteiger partial charge in [-0.1, -0.05) is 15.9 Å². The zero-order valence-corrected chi connectivity index (χ0v) is 17.5. The Kier molecular flexibility index (Phi) is 5.90. The Bertz CT molecular complexity index is 715. The molecule has 2 fully saturated rings. The molecule has 1 aromatic rings. The molecule has 0 aromatic heterocycles. The van der Waals surface area contributed by atoms with Gasteiger partial charge >= 0.3 is 0 Å². The summed E-state index contributed by atoms with van der Waals surface area (Å²) in [4.78, 5) is 2.74. The highest BCUT2D eigenvalue weighted by Gasteiger charge is 2.37. The molecule has 0 radical (unpaired) electrons. The third kappa shape index (κ3) is 4.27. The molecule has 0 unspecified atom stereocenters. The van der Waals surface area contributed by atoms with Gasteiger partial charge in [0, 0.05) is 36.7 Å². The molecule has 0 spiro atoms. The molecule has 1 aromatic carbocycles. The second-order valence-corrected chi connectivity index (χ2v) is 10.0. The van der Waals surface area contributed by atoms with E-state index in [0.717, 1.165) is 42.5 Å². The number of nitrogens with zero attached hydrogens (tertiary/aromatic N) is 2. The lowest BCUT2D eigenvalue weighted by atomic mass is 10.1. The topological polar surface area (TPSA) is 49.9 Å². The van der Waals surface area contributed by atoms with Crippen LogP contribution >= 0.6 is 15.9 Å². The fourth-order valence-electron chi connectivity index (χ4n) is 3.95. The predicted molar refractivity (Wildman–Crippen MR) is 102 cm³/mol. The number of benzene rings is 1. The van der Waals surface area contributed by atoms with Crippen LogP contribution in [-0.4, -0.2) is 62.1 Å².